The van der Waals surface area contributed by atoms with E-state index in [1.165, 1.54) is 0 Å². The van der Waals surface area contributed by atoms with Crippen LogP contribution in [-0.2, 0) is 9.53 Å². The summed E-state index contributed by atoms with van der Waals surface area (Å²) in [6.45, 7) is 6.70. The van der Waals surface area contributed by atoms with Crippen LogP contribution < -0.4 is 5.73 Å². The first-order valence-electron chi connectivity index (χ1n) is 7.19. The second kappa shape index (κ2) is 8.82. The van der Waals surface area contributed by atoms with E-state index in [0.717, 1.165) is 44.7 Å². The fourth-order valence-electron chi connectivity index (χ4n) is 2.17. The molecule has 0 radical (unpaired) electrons. The van der Waals surface area contributed by atoms with Crippen molar-refractivity contribution in [2.75, 3.05) is 31.7 Å². The van der Waals surface area contributed by atoms with Gasteiger partial charge in [-0.1, -0.05) is 13.8 Å². The molecule has 0 unspecified atom stereocenters. The highest BCUT2D eigenvalue weighted by Crippen LogP contribution is 2.16. The molecule has 1 amide bonds. The Bertz CT molecular complexity index is 266. The summed E-state index contributed by atoms with van der Waals surface area (Å²) in [7, 11) is 0. The molecule has 5 heteroatoms. The molecule has 0 spiro atoms. The van der Waals surface area contributed by atoms with Gasteiger partial charge in [-0.05, 0) is 37.2 Å². The highest BCUT2D eigenvalue weighted by molar-refractivity contribution is 7.98. The van der Waals surface area contributed by atoms with Gasteiger partial charge in [-0.3, -0.25) is 4.79 Å². The normalized spacial score (nSPS) is 18.9. The number of hydrogen-bond donors (Lipinski definition) is 1. The second-order valence-electron chi connectivity index (χ2n) is 5.64. The third kappa shape index (κ3) is 6.15. The van der Waals surface area contributed by atoms with E-state index < -0.39 is 0 Å². The lowest BCUT2D eigenvalue weighted by atomic mass is 10.1. The number of carbonyl (C=O) groups is 1. The van der Waals surface area contributed by atoms with Crippen LogP contribution in [0.25, 0.3) is 0 Å². The van der Waals surface area contributed by atoms with Gasteiger partial charge in [-0.25, -0.2) is 0 Å². The van der Waals surface area contributed by atoms with E-state index in [0.29, 0.717) is 12.0 Å². The number of amides is 1. The van der Waals surface area contributed by atoms with Crippen molar-refractivity contribution >= 4 is 17.7 Å². The number of rotatable bonds is 7. The summed E-state index contributed by atoms with van der Waals surface area (Å²) in [5, 5.41) is 0. The molecular weight excluding hydrogens is 260 g/mol. The molecule has 1 atom stereocenters. The SMILES string of the molecule is CSCC[C@H](N)C(=O)N1CCC(OCC(C)C)CC1. The first-order chi connectivity index (χ1) is 9.04. The molecule has 0 bridgehead atoms. The summed E-state index contributed by atoms with van der Waals surface area (Å²) in [5.41, 5.74) is 5.93. The maximum Gasteiger partial charge on any atom is 0.239 e. The third-order valence-electron chi connectivity index (χ3n) is 3.37. The summed E-state index contributed by atoms with van der Waals surface area (Å²) in [5.74, 6) is 1.62. The van der Waals surface area contributed by atoms with Crippen LogP contribution in [0.3, 0.4) is 0 Å². The van der Waals surface area contributed by atoms with E-state index in [9.17, 15) is 4.79 Å². The Labute approximate surface area is 121 Å². The fourth-order valence-corrected chi connectivity index (χ4v) is 2.66. The van der Waals surface area contributed by atoms with Crippen LogP contribution in [0.15, 0.2) is 0 Å². The zero-order chi connectivity index (χ0) is 14.3. The molecule has 1 heterocycles. The van der Waals surface area contributed by atoms with Gasteiger partial charge in [0.2, 0.25) is 5.91 Å². The average molecular weight is 288 g/mol. The van der Waals surface area contributed by atoms with Crippen molar-refractivity contribution in [2.45, 2.75) is 45.3 Å². The van der Waals surface area contributed by atoms with Crippen molar-refractivity contribution < 1.29 is 9.53 Å². The Morgan fingerprint density at radius 1 is 1.42 bits per heavy atom. The van der Waals surface area contributed by atoms with Crippen molar-refractivity contribution in [3.63, 3.8) is 0 Å². The van der Waals surface area contributed by atoms with Crippen molar-refractivity contribution in [3.05, 3.63) is 0 Å². The number of carbonyl (C=O) groups excluding carboxylic acids is 1. The maximum absolute atomic E-state index is 12.1. The molecule has 0 aromatic heterocycles. The average Bonchev–Trinajstić information content (AvgIpc) is 2.42. The zero-order valence-electron chi connectivity index (χ0n) is 12.4. The molecular formula is C14H28N2O2S. The Morgan fingerprint density at radius 2 is 2.05 bits per heavy atom. The topological polar surface area (TPSA) is 55.6 Å². The number of likely N-dealkylation sites (tertiary alicyclic amines) is 1. The summed E-state index contributed by atoms with van der Waals surface area (Å²) < 4.78 is 5.83. The van der Waals surface area contributed by atoms with Crippen LogP contribution >= 0.6 is 11.8 Å². The standard InChI is InChI=1S/C14H28N2O2S/c1-11(2)10-18-12-4-7-16(8-5-12)14(17)13(15)6-9-19-3/h11-13H,4-10,15H2,1-3H3/t13-/m0/s1. The molecule has 1 rings (SSSR count). The first kappa shape index (κ1) is 16.8. The summed E-state index contributed by atoms with van der Waals surface area (Å²) in [6, 6.07) is -0.333. The van der Waals surface area contributed by atoms with Gasteiger partial charge in [0.05, 0.1) is 12.1 Å². The van der Waals surface area contributed by atoms with Gasteiger partial charge in [0.1, 0.15) is 0 Å². The predicted molar refractivity (Wildman–Crippen MR) is 81.4 cm³/mol. The minimum absolute atomic E-state index is 0.108. The van der Waals surface area contributed by atoms with E-state index >= 15 is 0 Å². The Kier molecular flexibility index (Phi) is 7.80. The van der Waals surface area contributed by atoms with Gasteiger partial charge < -0.3 is 15.4 Å². The van der Waals surface area contributed by atoms with Gasteiger partial charge >= 0.3 is 0 Å². The molecule has 112 valence electrons. The van der Waals surface area contributed by atoms with Gasteiger partial charge in [0.15, 0.2) is 0 Å². The van der Waals surface area contributed by atoms with Gasteiger partial charge in [-0.2, -0.15) is 11.8 Å². The second-order valence-corrected chi connectivity index (χ2v) is 6.63. The van der Waals surface area contributed by atoms with E-state index in [4.69, 9.17) is 10.5 Å². The molecule has 1 saturated heterocycles. The quantitative estimate of drug-likeness (QED) is 0.775. The molecule has 0 aromatic rings. The Morgan fingerprint density at radius 3 is 2.58 bits per heavy atom. The minimum Gasteiger partial charge on any atom is -0.378 e. The van der Waals surface area contributed by atoms with Crippen molar-refractivity contribution in [1.82, 2.24) is 4.90 Å². The van der Waals surface area contributed by atoms with Gasteiger partial charge in [-0.15, -0.1) is 0 Å². The molecule has 0 aromatic carbocycles. The minimum atomic E-state index is -0.333. The van der Waals surface area contributed by atoms with Crippen LogP contribution in [0.2, 0.25) is 0 Å². The number of nitrogens with two attached hydrogens (primary N) is 1. The highest BCUT2D eigenvalue weighted by atomic mass is 32.2. The lowest BCUT2D eigenvalue weighted by Crippen LogP contribution is -2.48. The molecule has 0 aliphatic carbocycles. The molecule has 2 N–H and O–H groups in total. The monoisotopic (exact) mass is 288 g/mol. The van der Waals surface area contributed by atoms with E-state index in [1.54, 1.807) is 11.8 Å². The van der Waals surface area contributed by atoms with Crippen LogP contribution in [0.4, 0.5) is 0 Å². The zero-order valence-corrected chi connectivity index (χ0v) is 13.2. The van der Waals surface area contributed by atoms with E-state index in [-0.39, 0.29) is 11.9 Å². The third-order valence-corrected chi connectivity index (χ3v) is 4.01. The van der Waals surface area contributed by atoms with E-state index in [1.807, 2.05) is 11.2 Å². The first-order valence-corrected chi connectivity index (χ1v) is 8.59. The Hall–Kier alpha value is -0.260. The molecule has 19 heavy (non-hydrogen) atoms. The van der Waals surface area contributed by atoms with Crippen LogP contribution in [0.5, 0.6) is 0 Å². The number of ether oxygens (including phenoxy) is 1. The molecule has 4 nitrogen and oxygen atoms in total. The molecule has 1 fully saturated rings. The number of hydrogen-bond acceptors (Lipinski definition) is 4. The van der Waals surface area contributed by atoms with Crippen molar-refractivity contribution in [2.24, 2.45) is 11.7 Å². The van der Waals surface area contributed by atoms with Crippen LogP contribution in [0, 0.1) is 5.92 Å². The number of piperidine rings is 1. The number of thioether (sulfide) groups is 1. The van der Waals surface area contributed by atoms with Gasteiger partial charge in [0.25, 0.3) is 0 Å². The smallest absolute Gasteiger partial charge is 0.239 e. The summed E-state index contributed by atoms with van der Waals surface area (Å²) in [6.07, 6.45) is 4.99. The predicted octanol–water partition coefficient (Wildman–Crippen LogP) is 1.73. The highest BCUT2D eigenvalue weighted by Gasteiger charge is 2.26. The molecule has 0 saturated carbocycles. The van der Waals surface area contributed by atoms with Crippen LogP contribution in [0.1, 0.15) is 33.1 Å². The number of nitrogens with zero attached hydrogens (tertiary/aromatic N) is 1. The summed E-state index contributed by atoms with van der Waals surface area (Å²) >= 11 is 1.73. The molecule has 1 aliphatic rings. The Balaban J connectivity index is 2.26. The fraction of sp³-hybridized carbons (Fsp3) is 0.929. The largest absolute Gasteiger partial charge is 0.378 e. The lowest BCUT2D eigenvalue weighted by molar-refractivity contribution is -0.135. The van der Waals surface area contributed by atoms with Crippen molar-refractivity contribution in [1.29, 1.82) is 0 Å². The van der Waals surface area contributed by atoms with Gasteiger partial charge in [0, 0.05) is 19.7 Å². The summed E-state index contributed by atoms with van der Waals surface area (Å²) in [4.78, 5) is 14.0. The van der Waals surface area contributed by atoms with Crippen molar-refractivity contribution in [3.8, 4) is 0 Å². The molecule has 1 aliphatic heterocycles. The maximum atomic E-state index is 12.1. The lowest BCUT2D eigenvalue weighted by Gasteiger charge is -2.33. The van der Waals surface area contributed by atoms with Crippen LogP contribution in [-0.4, -0.2) is 54.7 Å². The van der Waals surface area contributed by atoms with E-state index in [2.05, 4.69) is 13.8 Å².